The van der Waals surface area contributed by atoms with Gasteiger partial charge in [-0.15, -0.1) is 12.4 Å². The standard InChI is InChI=1S/C13H21N3O4S.ClH/c1-21(18,19)15-8-10-4-5-11(20-10)12(17)16-13(9-14)6-2-3-7-13;/h4-5,15H,2-3,6-9,14H2,1H3,(H,16,17);1H. The lowest BCUT2D eigenvalue weighted by atomic mass is 9.98. The zero-order valence-electron chi connectivity index (χ0n) is 12.4. The van der Waals surface area contributed by atoms with Gasteiger partial charge in [0, 0.05) is 6.54 Å². The largest absolute Gasteiger partial charge is 0.455 e. The minimum Gasteiger partial charge on any atom is -0.455 e. The fraction of sp³-hybridized carbons (Fsp3) is 0.615. The number of nitrogens with one attached hydrogen (secondary N) is 2. The molecule has 0 aromatic carbocycles. The monoisotopic (exact) mass is 351 g/mol. The van der Waals surface area contributed by atoms with Crippen molar-refractivity contribution in [2.24, 2.45) is 5.73 Å². The number of rotatable bonds is 6. The van der Waals surface area contributed by atoms with Crippen molar-refractivity contribution in [3.8, 4) is 0 Å². The lowest BCUT2D eigenvalue weighted by molar-refractivity contribution is 0.0872. The molecule has 7 nitrogen and oxygen atoms in total. The van der Waals surface area contributed by atoms with Gasteiger partial charge in [0.25, 0.3) is 5.91 Å². The quantitative estimate of drug-likeness (QED) is 0.699. The van der Waals surface area contributed by atoms with Crippen LogP contribution in [0, 0.1) is 0 Å². The molecule has 0 unspecified atom stereocenters. The SMILES string of the molecule is CS(=O)(=O)NCc1ccc(C(=O)NC2(CN)CCCC2)o1.Cl. The molecule has 0 saturated heterocycles. The van der Waals surface area contributed by atoms with Crippen LogP contribution in [0.2, 0.25) is 0 Å². The van der Waals surface area contributed by atoms with E-state index >= 15 is 0 Å². The number of sulfonamides is 1. The van der Waals surface area contributed by atoms with Crippen LogP contribution in [0.25, 0.3) is 0 Å². The van der Waals surface area contributed by atoms with Gasteiger partial charge in [0.05, 0.1) is 18.3 Å². The Bertz CT molecular complexity index is 609. The van der Waals surface area contributed by atoms with Crippen LogP contribution in [0.5, 0.6) is 0 Å². The highest BCUT2D eigenvalue weighted by molar-refractivity contribution is 7.88. The summed E-state index contributed by atoms with van der Waals surface area (Å²) in [5.74, 6) is 0.242. The van der Waals surface area contributed by atoms with E-state index in [4.69, 9.17) is 10.2 Å². The predicted molar refractivity (Wildman–Crippen MR) is 85.4 cm³/mol. The van der Waals surface area contributed by atoms with Crippen molar-refractivity contribution < 1.29 is 17.6 Å². The average Bonchev–Trinajstić information content (AvgIpc) is 3.05. The molecule has 0 bridgehead atoms. The summed E-state index contributed by atoms with van der Waals surface area (Å²) in [6, 6.07) is 3.12. The first-order valence-corrected chi connectivity index (χ1v) is 8.79. The van der Waals surface area contributed by atoms with Crippen LogP contribution in [0.4, 0.5) is 0 Å². The Morgan fingerprint density at radius 1 is 1.36 bits per heavy atom. The second-order valence-corrected chi connectivity index (χ2v) is 7.34. The van der Waals surface area contributed by atoms with E-state index in [9.17, 15) is 13.2 Å². The summed E-state index contributed by atoms with van der Waals surface area (Å²) in [7, 11) is -3.29. The number of nitrogens with two attached hydrogens (primary N) is 1. The van der Waals surface area contributed by atoms with Gasteiger partial charge in [-0.1, -0.05) is 12.8 Å². The fourth-order valence-corrected chi connectivity index (χ4v) is 2.94. The van der Waals surface area contributed by atoms with Gasteiger partial charge in [-0.05, 0) is 25.0 Å². The molecule has 126 valence electrons. The molecular weight excluding hydrogens is 330 g/mol. The van der Waals surface area contributed by atoms with Crippen LogP contribution < -0.4 is 15.8 Å². The molecule has 1 saturated carbocycles. The van der Waals surface area contributed by atoms with Crippen LogP contribution in [-0.2, 0) is 16.6 Å². The van der Waals surface area contributed by atoms with Crippen molar-refractivity contribution in [1.82, 2.24) is 10.0 Å². The lowest BCUT2D eigenvalue weighted by Crippen LogP contribution is -2.51. The Morgan fingerprint density at radius 2 is 2.00 bits per heavy atom. The number of hydrogen-bond donors (Lipinski definition) is 3. The van der Waals surface area contributed by atoms with E-state index in [2.05, 4.69) is 10.0 Å². The molecule has 1 heterocycles. The highest BCUT2D eigenvalue weighted by Gasteiger charge is 2.34. The summed E-state index contributed by atoms with van der Waals surface area (Å²) in [4.78, 5) is 12.2. The van der Waals surface area contributed by atoms with Gasteiger partial charge in [-0.2, -0.15) is 0 Å². The van der Waals surface area contributed by atoms with Crippen molar-refractivity contribution in [3.05, 3.63) is 23.7 Å². The number of hydrogen-bond acceptors (Lipinski definition) is 5. The maximum atomic E-state index is 12.2. The molecule has 2 rings (SSSR count). The zero-order valence-corrected chi connectivity index (χ0v) is 14.1. The summed E-state index contributed by atoms with van der Waals surface area (Å²) in [5, 5.41) is 2.95. The third-order valence-corrected chi connectivity index (χ3v) is 4.39. The molecule has 1 aliphatic carbocycles. The first-order chi connectivity index (χ1) is 9.84. The van der Waals surface area contributed by atoms with E-state index in [0.29, 0.717) is 12.3 Å². The van der Waals surface area contributed by atoms with Gasteiger partial charge in [0.15, 0.2) is 5.76 Å². The molecule has 0 atom stereocenters. The Kier molecular flexibility index (Phi) is 6.42. The second kappa shape index (κ2) is 7.45. The Labute approximate surface area is 136 Å². The van der Waals surface area contributed by atoms with Gasteiger partial charge in [-0.3, -0.25) is 4.79 Å². The number of carbonyl (C=O) groups excluding carboxylic acids is 1. The zero-order chi connectivity index (χ0) is 15.5. The second-order valence-electron chi connectivity index (χ2n) is 5.50. The summed E-state index contributed by atoms with van der Waals surface area (Å²) in [5.41, 5.74) is 5.44. The van der Waals surface area contributed by atoms with Crippen LogP contribution in [0.15, 0.2) is 16.5 Å². The molecule has 0 radical (unpaired) electrons. The van der Waals surface area contributed by atoms with Gasteiger partial charge in [0.1, 0.15) is 5.76 Å². The van der Waals surface area contributed by atoms with Crippen LogP contribution >= 0.6 is 12.4 Å². The topological polar surface area (TPSA) is 114 Å². The minimum absolute atomic E-state index is 0. The van der Waals surface area contributed by atoms with E-state index in [0.717, 1.165) is 31.9 Å². The summed E-state index contributed by atoms with van der Waals surface area (Å²) < 4.78 is 29.7. The maximum absolute atomic E-state index is 12.2. The van der Waals surface area contributed by atoms with Crippen molar-refractivity contribution in [2.45, 2.75) is 37.8 Å². The minimum atomic E-state index is -3.29. The molecule has 22 heavy (non-hydrogen) atoms. The van der Waals surface area contributed by atoms with Crippen molar-refractivity contribution >= 4 is 28.3 Å². The van der Waals surface area contributed by atoms with E-state index in [1.807, 2.05) is 0 Å². The molecule has 0 aliphatic heterocycles. The highest BCUT2D eigenvalue weighted by Crippen LogP contribution is 2.29. The average molecular weight is 352 g/mol. The fourth-order valence-electron chi connectivity index (χ4n) is 2.53. The van der Waals surface area contributed by atoms with Crippen LogP contribution in [0.3, 0.4) is 0 Å². The molecule has 4 N–H and O–H groups in total. The Morgan fingerprint density at radius 3 is 2.55 bits per heavy atom. The summed E-state index contributed by atoms with van der Waals surface area (Å²) in [6.45, 7) is 0.427. The van der Waals surface area contributed by atoms with Crippen molar-refractivity contribution in [1.29, 1.82) is 0 Å². The molecule has 1 aliphatic rings. The molecule has 9 heteroatoms. The maximum Gasteiger partial charge on any atom is 0.287 e. The lowest BCUT2D eigenvalue weighted by Gasteiger charge is -2.28. The molecule has 1 amide bonds. The van der Waals surface area contributed by atoms with Crippen LogP contribution in [-0.4, -0.2) is 32.7 Å². The van der Waals surface area contributed by atoms with Crippen LogP contribution in [0.1, 0.15) is 42.0 Å². The Hall–Kier alpha value is -1.09. The number of carbonyl (C=O) groups is 1. The molecule has 1 fully saturated rings. The van der Waals surface area contributed by atoms with E-state index in [-0.39, 0.29) is 36.2 Å². The third kappa shape index (κ3) is 4.98. The number of furan rings is 1. The highest BCUT2D eigenvalue weighted by atomic mass is 35.5. The van der Waals surface area contributed by atoms with Gasteiger partial charge < -0.3 is 15.5 Å². The van der Waals surface area contributed by atoms with Crippen molar-refractivity contribution in [2.75, 3.05) is 12.8 Å². The van der Waals surface area contributed by atoms with Gasteiger partial charge in [-0.25, -0.2) is 13.1 Å². The first-order valence-electron chi connectivity index (χ1n) is 6.89. The van der Waals surface area contributed by atoms with E-state index in [1.54, 1.807) is 6.07 Å². The summed E-state index contributed by atoms with van der Waals surface area (Å²) in [6.07, 6.45) is 4.92. The van der Waals surface area contributed by atoms with E-state index in [1.165, 1.54) is 6.07 Å². The normalized spacial score (nSPS) is 17.0. The number of halogens is 1. The molecule has 1 aromatic heterocycles. The molecular formula is C13H22ClN3O4S. The molecule has 0 spiro atoms. The first kappa shape index (κ1) is 19.0. The van der Waals surface area contributed by atoms with Gasteiger partial charge in [0.2, 0.25) is 10.0 Å². The smallest absolute Gasteiger partial charge is 0.287 e. The van der Waals surface area contributed by atoms with Crippen molar-refractivity contribution in [3.63, 3.8) is 0 Å². The van der Waals surface area contributed by atoms with E-state index < -0.39 is 10.0 Å². The third-order valence-electron chi connectivity index (χ3n) is 3.72. The number of amides is 1. The molecule has 1 aromatic rings. The van der Waals surface area contributed by atoms with Gasteiger partial charge >= 0.3 is 0 Å². The predicted octanol–water partition coefficient (Wildman–Crippen LogP) is 0.752. The summed E-state index contributed by atoms with van der Waals surface area (Å²) >= 11 is 0. The Balaban J connectivity index is 0.00000242.